The van der Waals surface area contributed by atoms with E-state index in [0.29, 0.717) is 0 Å². The standard InChI is InChI=1S/C10H13NO4S/c1-11(15-16(2,13)14)10(12)8-9-6-4-3-5-7-9/h3-7H,8H2,1-2H3. The summed E-state index contributed by atoms with van der Waals surface area (Å²) in [4.78, 5) is 11.5. The lowest BCUT2D eigenvalue weighted by molar-refractivity contribution is -0.150. The highest BCUT2D eigenvalue weighted by Gasteiger charge is 2.14. The zero-order valence-corrected chi connectivity index (χ0v) is 9.90. The first-order valence-electron chi connectivity index (χ1n) is 4.58. The highest BCUT2D eigenvalue weighted by Crippen LogP contribution is 2.03. The molecule has 0 unspecified atom stereocenters. The molecule has 6 heteroatoms. The number of likely N-dealkylation sites (N-methyl/N-ethyl adjacent to an activating group) is 1. The van der Waals surface area contributed by atoms with Crippen LogP contribution in [0.5, 0.6) is 0 Å². The molecule has 0 bridgehead atoms. The second-order valence-electron chi connectivity index (χ2n) is 3.33. The van der Waals surface area contributed by atoms with E-state index in [2.05, 4.69) is 4.28 Å². The van der Waals surface area contributed by atoms with Crippen LogP contribution in [0.4, 0.5) is 0 Å². The zero-order valence-electron chi connectivity index (χ0n) is 9.08. The van der Waals surface area contributed by atoms with Crippen LogP contribution in [0.2, 0.25) is 0 Å². The van der Waals surface area contributed by atoms with Crippen molar-refractivity contribution in [2.75, 3.05) is 13.3 Å². The number of rotatable bonds is 4. The molecule has 0 saturated heterocycles. The van der Waals surface area contributed by atoms with Crippen molar-refractivity contribution in [3.63, 3.8) is 0 Å². The minimum Gasteiger partial charge on any atom is -0.272 e. The van der Waals surface area contributed by atoms with Gasteiger partial charge in [-0.05, 0) is 5.56 Å². The topological polar surface area (TPSA) is 63.7 Å². The molecular weight excluding hydrogens is 230 g/mol. The Bertz CT molecular complexity index is 455. The van der Waals surface area contributed by atoms with Crippen molar-refractivity contribution in [2.24, 2.45) is 0 Å². The van der Waals surface area contributed by atoms with E-state index in [1.54, 1.807) is 24.3 Å². The van der Waals surface area contributed by atoms with Gasteiger partial charge in [0.2, 0.25) is 0 Å². The predicted octanol–water partition coefficient (Wildman–Crippen LogP) is 0.579. The van der Waals surface area contributed by atoms with Gasteiger partial charge in [0.15, 0.2) is 0 Å². The summed E-state index contributed by atoms with van der Waals surface area (Å²) in [7, 11) is -2.39. The molecule has 0 aliphatic heterocycles. The van der Waals surface area contributed by atoms with Crippen molar-refractivity contribution >= 4 is 16.0 Å². The van der Waals surface area contributed by atoms with Crippen LogP contribution in [0, 0.1) is 0 Å². The summed E-state index contributed by atoms with van der Waals surface area (Å²) in [5.41, 5.74) is 0.802. The van der Waals surface area contributed by atoms with Crippen molar-refractivity contribution in [3.8, 4) is 0 Å². The van der Waals surface area contributed by atoms with E-state index in [4.69, 9.17) is 0 Å². The van der Waals surface area contributed by atoms with Crippen LogP contribution in [0.15, 0.2) is 30.3 Å². The fraction of sp³-hybridized carbons (Fsp3) is 0.300. The number of hydrogen-bond acceptors (Lipinski definition) is 4. The van der Waals surface area contributed by atoms with E-state index < -0.39 is 16.0 Å². The summed E-state index contributed by atoms with van der Waals surface area (Å²) < 4.78 is 26.0. The Morgan fingerprint density at radius 3 is 2.38 bits per heavy atom. The largest absolute Gasteiger partial charge is 0.285 e. The van der Waals surface area contributed by atoms with Crippen LogP contribution in [-0.2, 0) is 25.6 Å². The smallest absolute Gasteiger partial charge is 0.272 e. The third-order valence-corrected chi connectivity index (χ3v) is 2.29. The van der Waals surface area contributed by atoms with Crippen LogP contribution in [0.3, 0.4) is 0 Å². The first kappa shape index (κ1) is 12.7. The molecule has 0 N–H and O–H groups in total. The first-order valence-corrected chi connectivity index (χ1v) is 6.40. The number of benzene rings is 1. The normalized spacial score (nSPS) is 11.1. The molecule has 1 aromatic rings. The van der Waals surface area contributed by atoms with Gasteiger partial charge in [0, 0.05) is 7.05 Å². The van der Waals surface area contributed by atoms with Gasteiger partial charge in [-0.25, -0.2) is 5.06 Å². The average molecular weight is 243 g/mol. The quantitative estimate of drug-likeness (QED) is 0.726. The van der Waals surface area contributed by atoms with Crippen molar-refractivity contribution < 1.29 is 17.5 Å². The Morgan fingerprint density at radius 2 is 1.88 bits per heavy atom. The van der Waals surface area contributed by atoms with E-state index in [1.165, 1.54) is 7.05 Å². The number of carbonyl (C=O) groups is 1. The molecule has 0 aromatic heterocycles. The predicted molar refractivity (Wildman–Crippen MR) is 58.8 cm³/mol. The van der Waals surface area contributed by atoms with Gasteiger partial charge in [-0.1, -0.05) is 30.3 Å². The van der Waals surface area contributed by atoms with Gasteiger partial charge in [-0.15, -0.1) is 4.28 Å². The van der Waals surface area contributed by atoms with E-state index >= 15 is 0 Å². The monoisotopic (exact) mass is 243 g/mol. The van der Waals surface area contributed by atoms with Crippen molar-refractivity contribution in [1.29, 1.82) is 0 Å². The Hall–Kier alpha value is -1.40. The molecule has 0 aliphatic carbocycles. The molecule has 0 atom stereocenters. The maximum absolute atomic E-state index is 11.5. The SMILES string of the molecule is CN(OS(C)(=O)=O)C(=O)Cc1ccccc1. The highest BCUT2D eigenvalue weighted by molar-refractivity contribution is 7.85. The van der Waals surface area contributed by atoms with Gasteiger partial charge in [0.25, 0.3) is 16.0 Å². The highest BCUT2D eigenvalue weighted by atomic mass is 32.2. The van der Waals surface area contributed by atoms with Crippen LogP contribution in [-0.4, -0.2) is 32.7 Å². The third kappa shape index (κ3) is 4.41. The molecule has 16 heavy (non-hydrogen) atoms. The lowest BCUT2D eigenvalue weighted by Crippen LogP contribution is -2.30. The molecular formula is C10H13NO4S. The van der Waals surface area contributed by atoms with Gasteiger partial charge >= 0.3 is 0 Å². The van der Waals surface area contributed by atoms with Crippen molar-refractivity contribution in [1.82, 2.24) is 5.06 Å². The Morgan fingerprint density at radius 1 is 1.31 bits per heavy atom. The van der Waals surface area contributed by atoms with Crippen molar-refractivity contribution in [2.45, 2.75) is 6.42 Å². The average Bonchev–Trinajstić information content (AvgIpc) is 2.16. The molecule has 1 rings (SSSR count). The van der Waals surface area contributed by atoms with Gasteiger partial charge in [-0.3, -0.25) is 4.79 Å². The molecule has 0 heterocycles. The molecule has 0 radical (unpaired) electrons. The zero-order chi connectivity index (χ0) is 12.2. The third-order valence-electron chi connectivity index (χ3n) is 1.80. The Balaban J connectivity index is 2.60. The van der Waals surface area contributed by atoms with Gasteiger partial charge in [0.1, 0.15) is 0 Å². The molecule has 1 amide bonds. The van der Waals surface area contributed by atoms with Crippen LogP contribution in [0.25, 0.3) is 0 Å². The van der Waals surface area contributed by atoms with Crippen molar-refractivity contribution in [3.05, 3.63) is 35.9 Å². The maximum atomic E-state index is 11.5. The second-order valence-corrected chi connectivity index (χ2v) is 4.89. The van der Waals surface area contributed by atoms with E-state index in [1.807, 2.05) is 6.07 Å². The Kier molecular flexibility index (Phi) is 4.03. The van der Waals surface area contributed by atoms with Gasteiger partial charge in [0.05, 0.1) is 12.7 Å². The maximum Gasteiger partial charge on any atom is 0.285 e. The summed E-state index contributed by atoms with van der Waals surface area (Å²) in [5.74, 6) is -0.420. The Labute approximate surface area is 94.7 Å². The number of hydrogen-bond donors (Lipinski definition) is 0. The van der Waals surface area contributed by atoms with Crippen LogP contribution in [0.1, 0.15) is 5.56 Å². The first-order chi connectivity index (χ1) is 7.38. The summed E-state index contributed by atoms with van der Waals surface area (Å²) in [6, 6.07) is 9.02. The lowest BCUT2D eigenvalue weighted by atomic mass is 10.1. The fourth-order valence-corrected chi connectivity index (χ4v) is 1.62. The molecule has 5 nitrogen and oxygen atoms in total. The van der Waals surface area contributed by atoms with Gasteiger partial charge < -0.3 is 0 Å². The molecule has 0 spiro atoms. The van der Waals surface area contributed by atoms with E-state index in [9.17, 15) is 13.2 Å². The van der Waals surface area contributed by atoms with E-state index in [-0.39, 0.29) is 6.42 Å². The summed E-state index contributed by atoms with van der Waals surface area (Å²) in [5, 5.41) is 0.725. The molecule has 0 fully saturated rings. The molecule has 88 valence electrons. The minimum atomic E-state index is -3.66. The number of nitrogens with zero attached hydrogens (tertiary/aromatic N) is 1. The molecule has 1 aromatic carbocycles. The van der Waals surface area contributed by atoms with Crippen LogP contribution < -0.4 is 0 Å². The number of amides is 1. The number of carbonyl (C=O) groups excluding carboxylic acids is 1. The molecule has 0 aliphatic rings. The lowest BCUT2D eigenvalue weighted by Gasteiger charge is -2.14. The summed E-state index contributed by atoms with van der Waals surface area (Å²) >= 11 is 0. The summed E-state index contributed by atoms with van der Waals surface area (Å²) in [6.45, 7) is 0. The second kappa shape index (κ2) is 5.09. The fourth-order valence-electron chi connectivity index (χ4n) is 1.13. The summed E-state index contributed by atoms with van der Waals surface area (Å²) in [6.07, 6.45) is 0.992. The molecule has 0 saturated carbocycles. The number of hydroxylamine groups is 2. The van der Waals surface area contributed by atoms with Crippen LogP contribution >= 0.6 is 0 Å². The van der Waals surface area contributed by atoms with E-state index in [0.717, 1.165) is 16.9 Å². The van der Waals surface area contributed by atoms with Gasteiger partial charge in [-0.2, -0.15) is 8.42 Å². The minimum absolute atomic E-state index is 0.104.